The summed E-state index contributed by atoms with van der Waals surface area (Å²) in [6.45, 7) is 0.125. The Morgan fingerprint density at radius 1 is 1.31 bits per heavy atom. The number of benzene rings is 1. The van der Waals surface area contributed by atoms with E-state index in [-0.39, 0.29) is 18.0 Å². The van der Waals surface area contributed by atoms with Gasteiger partial charge in [-0.05, 0) is 60.4 Å². The van der Waals surface area contributed by atoms with Crippen LogP contribution in [-0.4, -0.2) is 30.8 Å². The largest absolute Gasteiger partial charge is 0.462 e. The van der Waals surface area contributed by atoms with Crippen molar-refractivity contribution >= 4 is 17.6 Å². The van der Waals surface area contributed by atoms with Gasteiger partial charge < -0.3 is 15.2 Å². The van der Waals surface area contributed by atoms with Crippen molar-refractivity contribution in [1.82, 2.24) is 4.98 Å². The highest BCUT2D eigenvalue weighted by atomic mass is 35.5. The summed E-state index contributed by atoms with van der Waals surface area (Å²) in [5, 5.41) is 0.553. The summed E-state index contributed by atoms with van der Waals surface area (Å²) in [4.78, 5) is 8.95. The molecule has 4 atom stereocenters. The van der Waals surface area contributed by atoms with Crippen LogP contribution < -0.4 is 5.73 Å². The lowest BCUT2D eigenvalue weighted by atomic mass is 9.59. The van der Waals surface area contributed by atoms with E-state index in [1.165, 1.54) is 0 Å². The average Bonchev–Trinajstić information content (AvgIpc) is 3.12. The van der Waals surface area contributed by atoms with E-state index in [2.05, 4.69) is 18.0 Å². The smallest absolute Gasteiger partial charge is 0.283 e. The molecule has 2 spiro atoms. The number of methoxy groups -OCH3 is 1. The zero-order valence-corrected chi connectivity index (χ0v) is 17.4. The summed E-state index contributed by atoms with van der Waals surface area (Å²) in [6, 6.07) is 7.91. The van der Waals surface area contributed by atoms with E-state index in [0.29, 0.717) is 5.02 Å². The van der Waals surface area contributed by atoms with Gasteiger partial charge in [0.2, 0.25) is 0 Å². The van der Waals surface area contributed by atoms with Gasteiger partial charge in [0.05, 0.1) is 13.9 Å². The van der Waals surface area contributed by atoms with Crippen LogP contribution in [0.3, 0.4) is 0 Å². The topological polar surface area (TPSA) is 69.7 Å². The van der Waals surface area contributed by atoms with Crippen LogP contribution in [0.5, 0.6) is 0 Å². The Morgan fingerprint density at radius 3 is 2.86 bits per heavy atom. The van der Waals surface area contributed by atoms with Crippen molar-refractivity contribution in [2.24, 2.45) is 22.1 Å². The Bertz CT molecular complexity index is 1080. The van der Waals surface area contributed by atoms with E-state index in [1.54, 1.807) is 19.5 Å². The Kier molecular flexibility index (Phi) is 3.86. The molecule has 2 heterocycles. The number of nitrogens with zero attached hydrogens (tertiary/aromatic N) is 2. The number of halogens is 1. The lowest BCUT2D eigenvalue weighted by Crippen LogP contribution is -2.48. The van der Waals surface area contributed by atoms with Gasteiger partial charge in [-0.1, -0.05) is 30.7 Å². The maximum atomic E-state index is 8.91. The molecule has 2 aliphatic carbocycles. The molecule has 1 aromatic carbocycles. The molecule has 1 saturated carbocycles. The van der Waals surface area contributed by atoms with Crippen LogP contribution in [0.4, 0.5) is 0 Å². The lowest BCUT2D eigenvalue weighted by molar-refractivity contribution is -0.0445. The van der Waals surface area contributed by atoms with E-state index >= 15 is 0 Å². The van der Waals surface area contributed by atoms with Gasteiger partial charge in [-0.25, -0.2) is 4.99 Å². The molecule has 2 aromatic rings. The molecular formula is C23H26ClN3O2. The molecule has 1 aliphatic heterocycles. The second kappa shape index (κ2) is 6.71. The summed E-state index contributed by atoms with van der Waals surface area (Å²) < 4.78 is 29.0. The van der Waals surface area contributed by atoms with Crippen LogP contribution in [0.2, 0.25) is 5.02 Å². The van der Waals surface area contributed by atoms with Crippen LogP contribution in [0.15, 0.2) is 41.7 Å². The molecular weight excluding hydrogens is 386 g/mol. The molecule has 0 amide bonds. The van der Waals surface area contributed by atoms with Crippen molar-refractivity contribution in [2.45, 2.75) is 44.2 Å². The molecule has 3 aliphatic rings. The van der Waals surface area contributed by atoms with Crippen molar-refractivity contribution in [3.63, 3.8) is 0 Å². The number of pyridine rings is 1. The number of hydrogen-bond acceptors (Lipinski definition) is 5. The summed E-state index contributed by atoms with van der Waals surface area (Å²) in [5.41, 5.74) is 8.10. The number of fused-ring (bicyclic) bond motifs is 3. The van der Waals surface area contributed by atoms with Crippen LogP contribution in [0.1, 0.15) is 40.1 Å². The molecule has 0 saturated heterocycles. The van der Waals surface area contributed by atoms with Gasteiger partial charge in [0.25, 0.3) is 6.02 Å². The fourth-order valence-corrected chi connectivity index (χ4v) is 5.84. The highest BCUT2D eigenvalue weighted by Gasteiger charge is 2.62. The molecule has 5 rings (SSSR count). The monoisotopic (exact) mass is 413 g/mol. The average molecular weight is 414 g/mol. The first-order valence-corrected chi connectivity index (χ1v) is 10.4. The Balaban J connectivity index is 1.70. The van der Waals surface area contributed by atoms with Gasteiger partial charge in [-0.2, -0.15) is 0 Å². The lowest BCUT2D eigenvalue weighted by Gasteiger charge is -2.47. The van der Waals surface area contributed by atoms with Crippen molar-refractivity contribution in [1.29, 1.82) is 0 Å². The minimum Gasteiger partial charge on any atom is -0.462 e. The highest BCUT2D eigenvalue weighted by Crippen LogP contribution is 2.62. The molecule has 29 heavy (non-hydrogen) atoms. The number of hydrogen-bond donors (Lipinski definition) is 1. The Hall–Kier alpha value is -2.11. The third-order valence-electron chi connectivity index (χ3n) is 6.97. The molecule has 1 fully saturated rings. The number of aliphatic imine (C=N–C) groups is 1. The molecule has 6 heteroatoms. The van der Waals surface area contributed by atoms with E-state index in [0.717, 1.165) is 47.9 Å². The van der Waals surface area contributed by atoms with Crippen LogP contribution in [-0.2, 0) is 21.4 Å². The van der Waals surface area contributed by atoms with E-state index in [4.69, 9.17) is 34.5 Å². The zero-order chi connectivity index (χ0) is 22.0. The van der Waals surface area contributed by atoms with Crippen molar-refractivity contribution in [3.8, 4) is 11.1 Å². The number of ether oxygens (including phenoxy) is 2. The first-order valence-electron chi connectivity index (χ1n) is 11.0. The third kappa shape index (κ3) is 2.78. The van der Waals surface area contributed by atoms with Crippen LogP contribution >= 0.6 is 11.6 Å². The van der Waals surface area contributed by atoms with Crippen molar-refractivity contribution in [3.05, 3.63) is 52.8 Å². The first kappa shape index (κ1) is 16.7. The minimum absolute atomic E-state index is 0.0893. The molecule has 0 radical (unpaired) electrons. The summed E-state index contributed by atoms with van der Waals surface area (Å²) >= 11 is 6.16. The molecule has 0 unspecified atom stereocenters. The Labute approximate surface area is 179 Å². The van der Waals surface area contributed by atoms with E-state index < -0.39 is 17.5 Å². The highest BCUT2D eigenvalue weighted by molar-refractivity contribution is 6.30. The van der Waals surface area contributed by atoms with Gasteiger partial charge in [-0.15, -0.1) is 0 Å². The fraction of sp³-hybridized carbons (Fsp3) is 0.478. The van der Waals surface area contributed by atoms with Crippen LogP contribution in [0.25, 0.3) is 11.1 Å². The fourth-order valence-electron chi connectivity index (χ4n) is 5.67. The van der Waals surface area contributed by atoms with Gasteiger partial charge >= 0.3 is 0 Å². The number of amidine groups is 1. The predicted molar refractivity (Wildman–Crippen MR) is 114 cm³/mol. The normalized spacial score (nSPS) is 35.8. The molecule has 152 valence electrons. The number of rotatable bonds is 2. The number of nitrogens with two attached hydrogens (primary N) is 1. The predicted octanol–water partition coefficient (Wildman–Crippen LogP) is 4.32. The molecule has 5 nitrogen and oxygen atoms in total. The van der Waals surface area contributed by atoms with Crippen molar-refractivity contribution in [2.75, 3.05) is 13.7 Å². The molecule has 2 N–H and O–H groups in total. The van der Waals surface area contributed by atoms with Gasteiger partial charge in [0, 0.05) is 30.5 Å². The van der Waals surface area contributed by atoms with Crippen molar-refractivity contribution < 1.29 is 12.2 Å². The summed E-state index contributed by atoms with van der Waals surface area (Å²) in [5.74, 6) is 0.273. The third-order valence-corrected chi connectivity index (χ3v) is 7.18. The van der Waals surface area contributed by atoms with Gasteiger partial charge in [0.1, 0.15) is 12.1 Å². The summed E-state index contributed by atoms with van der Waals surface area (Å²) in [6.07, 6.45) is 6.68. The minimum atomic E-state index is -2.05. The molecule has 0 bridgehead atoms. The maximum absolute atomic E-state index is 8.91. The zero-order valence-electron chi connectivity index (χ0n) is 18.6. The quantitative estimate of drug-likeness (QED) is 0.795. The summed E-state index contributed by atoms with van der Waals surface area (Å²) in [7, 11) is 1.75. The van der Waals surface area contributed by atoms with Gasteiger partial charge in [0.15, 0.2) is 0 Å². The number of aromatic nitrogens is 1. The van der Waals surface area contributed by atoms with Crippen LogP contribution in [0, 0.1) is 11.3 Å². The SMILES string of the molecule is [2H]C1([2H])OC(N)=N[C@]12c1cc(-c3cncc(Cl)c3)ccc1C[C@]21CC[C@@H](OC)[C@H](C)C1. The maximum Gasteiger partial charge on any atom is 0.283 e. The molecule has 1 aromatic heterocycles. The standard InChI is InChI=1S/C23H26ClN3O2/c1-14-9-22(6-5-20(14)28-2)10-16-4-3-15(17-7-18(24)12-26-11-17)8-19(16)23(22)13-29-21(25)27-23/h3-4,7-8,11-12,14,20H,5-6,9-10,13H2,1-2H3,(H2,25,27)/t14-,20-,22-,23+/m1/s1/i13D2. The second-order valence-corrected chi connectivity index (χ2v) is 9.02. The first-order chi connectivity index (χ1) is 14.7. The Morgan fingerprint density at radius 2 is 2.17 bits per heavy atom. The van der Waals surface area contributed by atoms with E-state index in [9.17, 15) is 0 Å². The van der Waals surface area contributed by atoms with Gasteiger partial charge in [-0.3, -0.25) is 4.98 Å². The van der Waals surface area contributed by atoms with E-state index in [1.807, 2.05) is 18.2 Å². The second-order valence-electron chi connectivity index (χ2n) is 8.58.